The molecule has 0 aliphatic carbocycles. The average molecular weight is 371 g/mol. The summed E-state index contributed by atoms with van der Waals surface area (Å²) in [6, 6.07) is 9.97. The van der Waals surface area contributed by atoms with Gasteiger partial charge >= 0.3 is 0 Å². The van der Waals surface area contributed by atoms with Gasteiger partial charge in [-0.25, -0.2) is 0 Å². The summed E-state index contributed by atoms with van der Waals surface area (Å²) >= 11 is 0. The normalized spacial score (nSPS) is 14.3. The third-order valence-electron chi connectivity index (χ3n) is 5.26. The van der Waals surface area contributed by atoms with Crippen LogP contribution in [0.4, 0.5) is 0 Å². The summed E-state index contributed by atoms with van der Waals surface area (Å²) in [5.74, 6) is -0.0615. The average Bonchev–Trinajstić information content (AvgIpc) is 2.48. The van der Waals surface area contributed by atoms with Crippen molar-refractivity contribution < 1.29 is 27.5 Å². The van der Waals surface area contributed by atoms with Crippen LogP contribution in [0, 0.1) is 5.92 Å². The minimum absolute atomic E-state index is 0. The Balaban J connectivity index is 0.00000441. The molecule has 0 saturated heterocycles. The Labute approximate surface area is 145 Å². The quantitative estimate of drug-likeness (QED) is 0.645. The number of carbonyl (C=O) groups is 1. The molecule has 4 heteroatoms. The van der Waals surface area contributed by atoms with Crippen LogP contribution >= 0.6 is 0 Å². The second kappa shape index (κ2) is 8.68. The van der Waals surface area contributed by atoms with Crippen molar-refractivity contribution in [2.75, 3.05) is 0 Å². The minimum atomic E-state index is -0.603. The standard InChI is InChI=1S/C18H30N2O.BrH/c1-5-17(20,6-2)12-13-18(14(3)4,16(19)21)15-10-8-7-9-11-15;/h7-11,14H,5-6,12-13,20H2,1-4H3,(H2,19,21);1H. The zero-order valence-corrected chi connectivity index (χ0v) is 15.9. The summed E-state index contributed by atoms with van der Waals surface area (Å²) in [6.45, 7) is 8.50. The molecule has 1 unspecified atom stereocenters. The van der Waals surface area contributed by atoms with Gasteiger partial charge in [0.2, 0.25) is 5.91 Å². The van der Waals surface area contributed by atoms with Crippen molar-refractivity contribution in [1.29, 1.82) is 0 Å². The van der Waals surface area contributed by atoms with Crippen molar-refractivity contribution in [3.63, 3.8) is 0 Å². The second-order valence-electron chi connectivity index (χ2n) is 6.56. The summed E-state index contributed by atoms with van der Waals surface area (Å²) in [5.41, 5.74) is 10.7. The summed E-state index contributed by atoms with van der Waals surface area (Å²) in [6.07, 6.45) is 3.71. The lowest BCUT2D eigenvalue weighted by Gasteiger charge is -2.37. The van der Waals surface area contributed by atoms with Gasteiger partial charge in [-0.15, -0.1) is 0 Å². The zero-order chi connectivity index (χ0) is 16.1. The fourth-order valence-electron chi connectivity index (χ4n) is 3.12. The van der Waals surface area contributed by atoms with Crippen molar-refractivity contribution in [3.8, 4) is 0 Å². The number of carbonyl (C=O) groups excluding carboxylic acids is 1. The molecule has 22 heavy (non-hydrogen) atoms. The lowest BCUT2D eigenvalue weighted by Crippen LogP contribution is -3.00. The highest BCUT2D eigenvalue weighted by molar-refractivity contribution is 5.87. The molecule has 0 heterocycles. The lowest BCUT2D eigenvalue weighted by atomic mass is 9.66. The molecule has 0 fully saturated rings. The van der Waals surface area contributed by atoms with Crippen molar-refractivity contribution in [1.82, 2.24) is 0 Å². The first-order chi connectivity index (χ1) is 9.82. The van der Waals surface area contributed by atoms with Crippen LogP contribution in [0.15, 0.2) is 30.3 Å². The molecule has 1 aromatic rings. The fourth-order valence-corrected chi connectivity index (χ4v) is 3.12. The molecule has 0 aromatic heterocycles. The Bertz CT molecular complexity index is 457. The number of quaternary nitrogens is 1. The third-order valence-corrected chi connectivity index (χ3v) is 5.26. The van der Waals surface area contributed by atoms with Crippen LogP contribution in [-0.4, -0.2) is 11.4 Å². The number of halogens is 1. The monoisotopic (exact) mass is 370 g/mol. The summed E-state index contributed by atoms with van der Waals surface area (Å²) in [4.78, 5) is 12.4. The molecule has 1 rings (SSSR count). The molecule has 5 N–H and O–H groups in total. The van der Waals surface area contributed by atoms with E-state index in [-0.39, 0.29) is 34.3 Å². The van der Waals surface area contributed by atoms with Gasteiger partial charge in [-0.1, -0.05) is 58.0 Å². The van der Waals surface area contributed by atoms with Gasteiger partial charge in [0.1, 0.15) is 0 Å². The van der Waals surface area contributed by atoms with Crippen LogP contribution in [0.5, 0.6) is 0 Å². The molecular formula is C18H31BrN2O. The first-order valence-corrected chi connectivity index (χ1v) is 8.03. The lowest BCUT2D eigenvalue weighted by molar-refractivity contribution is -0.482. The van der Waals surface area contributed by atoms with E-state index in [2.05, 4.69) is 33.4 Å². The summed E-state index contributed by atoms with van der Waals surface area (Å²) < 4.78 is 0. The van der Waals surface area contributed by atoms with Gasteiger partial charge < -0.3 is 28.4 Å². The number of benzene rings is 1. The second-order valence-corrected chi connectivity index (χ2v) is 6.56. The Hall–Kier alpha value is -0.870. The van der Waals surface area contributed by atoms with Crippen LogP contribution in [-0.2, 0) is 10.2 Å². The Morgan fingerprint density at radius 3 is 2.00 bits per heavy atom. The molecule has 0 aliphatic heterocycles. The first kappa shape index (κ1) is 21.1. The molecule has 1 atom stereocenters. The number of primary amides is 1. The van der Waals surface area contributed by atoms with E-state index in [1.165, 1.54) is 0 Å². The summed E-state index contributed by atoms with van der Waals surface area (Å²) in [5, 5.41) is 0. The van der Waals surface area contributed by atoms with Crippen molar-refractivity contribution in [2.45, 2.75) is 64.3 Å². The molecule has 1 aromatic carbocycles. The third kappa shape index (κ3) is 4.32. The van der Waals surface area contributed by atoms with Crippen LogP contribution < -0.4 is 28.4 Å². The van der Waals surface area contributed by atoms with E-state index >= 15 is 0 Å². The highest BCUT2D eigenvalue weighted by atomic mass is 79.9. The summed E-state index contributed by atoms with van der Waals surface area (Å²) in [7, 11) is 0. The molecule has 3 nitrogen and oxygen atoms in total. The molecule has 0 saturated carbocycles. The maximum atomic E-state index is 12.4. The molecular weight excluding hydrogens is 340 g/mol. The molecule has 0 radical (unpaired) electrons. The van der Waals surface area contributed by atoms with Crippen LogP contribution in [0.3, 0.4) is 0 Å². The number of amides is 1. The number of hydrogen-bond acceptors (Lipinski definition) is 1. The zero-order valence-electron chi connectivity index (χ0n) is 14.4. The molecule has 0 spiro atoms. The van der Waals surface area contributed by atoms with Crippen LogP contribution in [0.1, 0.15) is 58.9 Å². The van der Waals surface area contributed by atoms with E-state index in [1.807, 2.05) is 30.3 Å². The van der Waals surface area contributed by atoms with Gasteiger partial charge in [0, 0.05) is 6.42 Å². The van der Waals surface area contributed by atoms with Crippen molar-refractivity contribution >= 4 is 5.91 Å². The first-order valence-electron chi connectivity index (χ1n) is 8.03. The maximum Gasteiger partial charge on any atom is 0.228 e. The van der Waals surface area contributed by atoms with E-state index in [9.17, 15) is 4.79 Å². The van der Waals surface area contributed by atoms with Crippen LogP contribution in [0.25, 0.3) is 0 Å². The van der Waals surface area contributed by atoms with Gasteiger partial charge in [0.25, 0.3) is 0 Å². The van der Waals surface area contributed by atoms with Gasteiger partial charge in [0.05, 0.1) is 11.0 Å². The Morgan fingerprint density at radius 1 is 1.14 bits per heavy atom. The van der Waals surface area contributed by atoms with E-state index in [0.717, 1.165) is 31.2 Å². The van der Waals surface area contributed by atoms with Crippen molar-refractivity contribution in [2.24, 2.45) is 11.7 Å². The van der Waals surface area contributed by atoms with Gasteiger partial charge in [-0.2, -0.15) is 0 Å². The molecule has 1 amide bonds. The van der Waals surface area contributed by atoms with Gasteiger partial charge in [-0.3, -0.25) is 4.79 Å². The topological polar surface area (TPSA) is 70.7 Å². The number of hydrogen-bond donors (Lipinski definition) is 2. The van der Waals surface area contributed by atoms with Crippen LogP contribution in [0.2, 0.25) is 0 Å². The highest BCUT2D eigenvalue weighted by Gasteiger charge is 2.43. The van der Waals surface area contributed by atoms with E-state index in [0.29, 0.717) is 0 Å². The largest absolute Gasteiger partial charge is 1.00 e. The highest BCUT2D eigenvalue weighted by Crippen LogP contribution is 2.38. The smallest absolute Gasteiger partial charge is 0.228 e. The Morgan fingerprint density at radius 2 is 1.64 bits per heavy atom. The SMILES string of the molecule is CCC([NH3+])(CC)CCC(C(N)=O)(c1ccccc1)C(C)C.[Br-]. The molecule has 0 bridgehead atoms. The van der Waals surface area contributed by atoms with E-state index < -0.39 is 5.41 Å². The fraction of sp³-hybridized carbons (Fsp3) is 0.611. The van der Waals surface area contributed by atoms with E-state index in [4.69, 9.17) is 5.73 Å². The molecule has 0 aliphatic rings. The number of nitrogens with two attached hydrogens (primary N) is 1. The maximum absolute atomic E-state index is 12.4. The number of rotatable bonds is 8. The predicted octanol–water partition coefficient (Wildman–Crippen LogP) is -0.349. The minimum Gasteiger partial charge on any atom is -1.00 e. The van der Waals surface area contributed by atoms with Crippen molar-refractivity contribution in [3.05, 3.63) is 35.9 Å². The van der Waals surface area contributed by atoms with Gasteiger partial charge in [0.15, 0.2) is 0 Å². The Kier molecular flexibility index (Phi) is 8.34. The van der Waals surface area contributed by atoms with Gasteiger partial charge in [-0.05, 0) is 30.7 Å². The molecule has 126 valence electrons. The predicted molar refractivity (Wildman–Crippen MR) is 87.6 cm³/mol. The van der Waals surface area contributed by atoms with E-state index in [1.54, 1.807) is 0 Å².